The Morgan fingerprint density at radius 2 is 1.79 bits per heavy atom. The molecule has 0 unspecified atom stereocenters. The second-order valence-electron chi connectivity index (χ2n) is 4.09. The molecule has 0 aromatic heterocycles. The minimum atomic E-state index is -0.430. The van der Waals surface area contributed by atoms with E-state index < -0.39 is 6.03 Å². The third kappa shape index (κ3) is 3.45. The molecule has 0 aliphatic carbocycles. The van der Waals surface area contributed by atoms with Crippen LogP contribution in [0.15, 0.2) is 42.5 Å². The molecule has 5 heteroatoms. The van der Waals surface area contributed by atoms with Crippen molar-refractivity contribution >= 4 is 17.4 Å². The summed E-state index contributed by atoms with van der Waals surface area (Å²) >= 11 is 0. The highest BCUT2D eigenvalue weighted by Crippen LogP contribution is 2.20. The van der Waals surface area contributed by atoms with E-state index >= 15 is 0 Å². The molecule has 2 aromatic carbocycles. The normalized spacial score (nSPS) is 10.0. The lowest BCUT2D eigenvalue weighted by atomic mass is 10.2. The fraction of sp³-hybridized carbons (Fsp3) is 0.0714. The average Bonchev–Trinajstić information content (AvgIpc) is 2.36. The Morgan fingerprint density at radius 1 is 1.11 bits per heavy atom. The molecule has 19 heavy (non-hydrogen) atoms. The Balaban J connectivity index is 2.03. The van der Waals surface area contributed by atoms with E-state index in [0.717, 1.165) is 5.56 Å². The van der Waals surface area contributed by atoms with Gasteiger partial charge < -0.3 is 15.7 Å². The van der Waals surface area contributed by atoms with Gasteiger partial charge in [-0.2, -0.15) is 0 Å². The van der Waals surface area contributed by atoms with Crippen LogP contribution in [0, 0.1) is 12.7 Å². The molecule has 2 amide bonds. The second kappa shape index (κ2) is 5.39. The number of hydrogen-bond donors (Lipinski definition) is 3. The van der Waals surface area contributed by atoms with Crippen LogP contribution in [0.3, 0.4) is 0 Å². The van der Waals surface area contributed by atoms with Gasteiger partial charge in [-0.05, 0) is 55.0 Å². The fourth-order valence-electron chi connectivity index (χ4n) is 1.61. The summed E-state index contributed by atoms with van der Waals surface area (Å²) in [6, 6.07) is 9.68. The first-order valence-corrected chi connectivity index (χ1v) is 5.68. The van der Waals surface area contributed by atoms with E-state index in [2.05, 4.69) is 10.6 Å². The molecule has 0 radical (unpaired) electrons. The number of rotatable bonds is 2. The van der Waals surface area contributed by atoms with Gasteiger partial charge in [0, 0.05) is 11.4 Å². The number of carbonyl (C=O) groups is 1. The number of benzene rings is 2. The van der Waals surface area contributed by atoms with Crippen LogP contribution in [0.25, 0.3) is 0 Å². The Morgan fingerprint density at radius 3 is 2.42 bits per heavy atom. The Hall–Kier alpha value is -2.56. The van der Waals surface area contributed by atoms with E-state index in [1.807, 2.05) is 0 Å². The third-order valence-electron chi connectivity index (χ3n) is 2.56. The summed E-state index contributed by atoms with van der Waals surface area (Å²) < 4.78 is 12.7. The van der Waals surface area contributed by atoms with Gasteiger partial charge in [-0.1, -0.05) is 0 Å². The lowest BCUT2D eigenvalue weighted by molar-refractivity contribution is 0.262. The highest BCUT2D eigenvalue weighted by Gasteiger charge is 2.05. The van der Waals surface area contributed by atoms with Gasteiger partial charge in [0.1, 0.15) is 11.6 Å². The predicted octanol–water partition coefficient (Wildman–Crippen LogP) is 3.48. The Labute approximate surface area is 109 Å². The van der Waals surface area contributed by atoms with E-state index in [1.54, 1.807) is 19.1 Å². The van der Waals surface area contributed by atoms with Gasteiger partial charge in [0.05, 0.1) is 0 Å². The van der Waals surface area contributed by atoms with Gasteiger partial charge >= 0.3 is 6.03 Å². The molecule has 0 fully saturated rings. The van der Waals surface area contributed by atoms with Gasteiger partial charge in [-0.15, -0.1) is 0 Å². The van der Waals surface area contributed by atoms with Gasteiger partial charge in [0.15, 0.2) is 0 Å². The number of halogens is 1. The van der Waals surface area contributed by atoms with Crippen LogP contribution >= 0.6 is 0 Å². The van der Waals surface area contributed by atoms with E-state index in [-0.39, 0.29) is 11.6 Å². The minimum Gasteiger partial charge on any atom is -0.508 e. The van der Waals surface area contributed by atoms with Crippen molar-refractivity contribution in [2.45, 2.75) is 6.92 Å². The van der Waals surface area contributed by atoms with E-state index in [4.69, 9.17) is 0 Å². The van der Waals surface area contributed by atoms with Crippen molar-refractivity contribution in [3.8, 4) is 5.75 Å². The molecule has 0 heterocycles. The topological polar surface area (TPSA) is 61.4 Å². The van der Waals surface area contributed by atoms with Crippen LogP contribution in [0.4, 0.5) is 20.6 Å². The number of anilines is 2. The maximum absolute atomic E-state index is 12.7. The zero-order chi connectivity index (χ0) is 13.8. The van der Waals surface area contributed by atoms with Crippen LogP contribution in [0.2, 0.25) is 0 Å². The van der Waals surface area contributed by atoms with E-state index in [0.29, 0.717) is 11.4 Å². The van der Waals surface area contributed by atoms with Gasteiger partial charge in [-0.3, -0.25) is 0 Å². The number of aryl methyl sites for hydroxylation is 1. The number of amides is 2. The summed E-state index contributed by atoms with van der Waals surface area (Å²) in [7, 11) is 0. The molecule has 3 N–H and O–H groups in total. The smallest absolute Gasteiger partial charge is 0.323 e. The van der Waals surface area contributed by atoms with E-state index in [1.165, 1.54) is 30.3 Å². The zero-order valence-electron chi connectivity index (χ0n) is 10.3. The average molecular weight is 260 g/mol. The monoisotopic (exact) mass is 260 g/mol. The molecule has 0 saturated carbocycles. The van der Waals surface area contributed by atoms with Crippen LogP contribution < -0.4 is 10.6 Å². The molecular weight excluding hydrogens is 247 g/mol. The largest absolute Gasteiger partial charge is 0.508 e. The molecule has 0 spiro atoms. The molecule has 0 atom stereocenters. The zero-order valence-corrected chi connectivity index (χ0v) is 10.3. The third-order valence-corrected chi connectivity index (χ3v) is 2.56. The number of carbonyl (C=O) groups excluding carboxylic acids is 1. The number of aromatic hydroxyl groups is 1. The molecule has 0 saturated heterocycles. The number of nitrogens with one attached hydrogen (secondary N) is 2. The fourth-order valence-corrected chi connectivity index (χ4v) is 1.61. The van der Waals surface area contributed by atoms with Crippen LogP contribution in [0.1, 0.15) is 5.56 Å². The van der Waals surface area contributed by atoms with Gasteiger partial charge in [-0.25, -0.2) is 9.18 Å². The summed E-state index contributed by atoms with van der Waals surface area (Å²) in [5, 5.41) is 14.5. The highest BCUT2D eigenvalue weighted by molar-refractivity contribution is 6.00. The number of phenols is 1. The molecule has 2 aromatic rings. The van der Waals surface area contributed by atoms with Crippen LogP contribution in [-0.4, -0.2) is 11.1 Å². The first kappa shape index (κ1) is 12.9. The van der Waals surface area contributed by atoms with E-state index in [9.17, 15) is 14.3 Å². The number of urea groups is 1. The first-order chi connectivity index (χ1) is 9.04. The van der Waals surface area contributed by atoms with Crippen molar-refractivity contribution in [2.24, 2.45) is 0 Å². The maximum atomic E-state index is 12.7. The molecule has 4 nitrogen and oxygen atoms in total. The summed E-state index contributed by atoms with van der Waals surface area (Å²) in [6.07, 6.45) is 0. The number of phenolic OH excluding ortho intramolecular Hbond substituents is 1. The van der Waals surface area contributed by atoms with Crippen molar-refractivity contribution in [1.29, 1.82) is 0 Å². The van der Waals surface area contributed by atoms with Crippen LogP contribution in [0.5, 0.6) is 5.75 Å². The number of hydrogen-bond acceptors (Lipinski definition) is 2. The SMILES string of the molecule is Cc1cc(O)ccc1NC(=O)Nc1ccc(F)cc1. The molecule has 0 bridgehead atoms. The van der Waals surface area contributed by atoms with Crippen molar-refractivity contribution in [1.82, 2.24) is 0 Å². The second-order valence-corrected chi connectivity index (χ2v) is 4.09. The lowest BCUT2D eigenvalue weighted by Gasteiger charge is -2.10. The summed E-state index contributed by atoms with van der Waals surface area (Å²) in [5.41, 5.74) is 1.84. The Bertz CT molecular complexity index is 597. The van der Waals surface area contributed by atoms with Crippen molar-refractivity contribution < 1.29 is 14.3 Å². The summed E-state index contributed by atoms with van der Waals surface area (Å²) in [4.78, 5) is 11.7. The van der Waals surface area contributed by atoms with Crippen molar-refractivity contribution in [3.05, 3.63) is 53.8 Å². The predicted molar refractivity (Wildman–Crippen MR) is 71.9 cm³/mol. The minimum absolute atomic E-state index is 0.141. The van der Waals surface area contributed by atoms with Crippen molar-refractivity contribution in [3.63, 3.8) is 0 Å². The van der Waals surface area contributed by atoms with Gasteiger partial charge in [0.2, 0.25) is 0 Å². The summed E-state index contributed by atoms with van der Waals surface area (Å²) in [6.45, 7) is 1.77. The molecular formula is C14H13FN2O2. The summed E-state index contributed by atoms with van der Waals surface area (Å²) in [5.74, 6) is -0.220. The highest BCUT2D eigenvalue weighted by atomic mass is 19.1. The molecule has 2 rings (SSSR count). The van der Waals surface area contributed by atoms with Crippen LogP contribution in [-0.2, 0) is 0 Å². The lowest BCUT2D eigenvalue weighted by Crippen LogP contribution is -2.19. The first-order valence-electron chi connectivity index (χ1n) is 5.68. The molecule has 0 aliphatic rings. The standard InChI is InChI=1S/C14H13FN2O2/c1-9-8-12(18)6-7-13(9)17-14(19)16-11-4-2-10(15)3-5-11/h2-8,18H,1H3,(H2,16,17,19). The molecule has 0 aliphatic heterocycles. The van der Waals surface area contributed by atoms with Crippen molar-refractivity contribution in [2.75, 3.05) is 10.6 Å². The quantitative estimate of drug-likeness (QED) is 0.724. The van der Waals surface area contributed by atoms with Gasteiger partial charge in [0.25, 0.3) is 0 Å². The molecule has 98 valence electrons. The Kier molecular flexibility index (Phi) is 3.66. The maximum Gasteiger partial charge on any atom is 0.323 e.